The highest BCUT2D eigenvalue weighted by molar-refractivity contribution is 14.1. The zero-order chi connectivity index (χ0) is 7.72. The molecular weight excluding hydrogens is 242 g/mol. The molecule has 0 N–H and O–H groups in total. The predicted octanol–water partition coefficient (Wildman–Crippen LogP) is 3.05. The predicted molar refractivity (Wildman–Crippen MR) is 48.6 cm³/mol. The van der Waals surface area contributed by atoms with Gasteiger partial charge in [0.2, 0.25) is 0 Å². The molecule has 0 aromatic heterocycles. The Morgan fingerprint density at radius 3 is 2.40 bits per heavy atom. The van der Waals surface area contributed by atoms with E-state index in [0.717, 1.165) is 14.7 Å². The molecule has 0 bridgehead atoms. The van der Waals surface area contributed by atoms with E-state index in [1.54, 1.807) is 13.0 Å². The maximum Gasteiger partial charge on any atom is 0.127 e. The van der Waals surface area contributed by atoms with E-state index in [-0.39, 0.29) is 5.82 Å². The van der Waals surface area contributed by atoms with E-state index in [1.165, 1.54) is 6.07 Å². The summed E-state index contributed by atoms with van der Waals surface area (Å²) < 4.78 is 13.8. The van der Waals surface area contributed by atoms with E-state index in [0.29, 0.717) is 0 Å². The topological polar surface area (TPSA) is 0 Å². The van der Waals surface area contributed by atoms with Crippen LogP contribution in [0.25, 0.3) is 0 Å². The zero-order valence-electron chi connectivity index (χ0n) is 5.91. The number of hydrogen-bond acceptors (Lipinski definition) is 0. The van der Waals surface area contributed by atoms with Crippen LogP contribution in [0.5, 0.6) is 0 Å². The molecule has 1 rings (SSSR count). The van der Waals surface area contributed by atoms with E-state index in [1.807, 2.05) is 6.92 Å². The molecule has 0 amide bonds. The van der Waals surface area contributed by atoms with Gasteiger partial charge in [-0.2, -0.15) is 0 Å². The summed E-state index contributed by atoms with van der Waals surface area (Å²) >= 11 is 2.15. The van der Waals surface area contributed by atoms with Crippen molar-refractivity contribution in [3.8, 4) is 0 Å². The first kappa shape index (κ1) is 7.98. The average Bonchev–Trinajstić information content (AvgIpc) is 1.93. The molecule has 1 aromatic carbocycles. The summed E-state index contributed by atoms with van der Waals surface area (Å²) in [5.74, 6) is -0.116. The number of aryl methyl sites for hydroxylation is 1. The monoisotopic (exact) mass is 250 g/mol. The van der Waals surface area contributed by atoms with Crippen LogP contribution >= 0.6 is 22.6 Å². The molecule has 0 unspecified atom stereocenters. The van der Waals surface area contributed by atoms with Crippen LogP contribution in [0.4, 0.5) is 4.39 Å². The summed E-state index contributed by atoms with van der Waals surface area (Å²) in [7, 11) is 0. The van der Waals surface area contributed by atoms with Crippen LogP contribution in [0, 0.1) is 23.2 Å². The largest absolute Gasteiger partial charge is 0.207 e. The van der Waals surface area contributed by atoms with Crippen molar-refractivity contribution >= 4 is 22.6 Å². The number of hydrogen-bond donors (Lipinski definition) is 0. The molecule has 1 aromatic rings. The normalized spacial score (nSPS) is 10.0. The zero-order valence-corrected chi connectivity index (χ0v) is 8.07. The van der Waals surface area contributed by atoms with E-state index >= 15 is 0 Å². The van der Waals surface area contributed by atoms with Crippen LogP contribution in [0.3, 0.4) is 0 Å². The molecule has 0 saturated carbocycles. The van der Waals surface area contributed by atoms with Crippen molar-refractivity contribution in [3.63, 3.8) is 0 Å². The van der Waals surface area contributed by atoms with Gasteiger partial charge in [0.15, 0.2) is 0 Å². The van der Waals surface area contributed by atoms with Gasteiger partial charge in [0.1, 0.15) is 5.82 Å². The second-order valence-electron chi connectivity index (χ2n) is 2.30. The molecule has 0 fully saturated rings. The van der Waals surface area contributed by atoms with Crippen molar-refractivity contribution in [2.45, 2.75) is 13.8 Å². The van der Waals surface area contributed by atoms with Gasteiger partial charge in [-0.3, -0.25) is 0 Å². The Balaban J connectivity index is 3.34. The fourth-order valence-corrected chi connectivity index (χ4v) is 1.23. The van der Waals surface area contributed by atoms with Crippen LogP contribution in [0.2, 0.25) is 0 Å². The second kappa shape index (κ2) is 2.86. The van der Waals surface area contributed by atoms with Gasteiger partial charge >= 0.3 is 0 Å². The van der Waals surface area contributed by atoms with Crippen molar-refractivity contribution < 1.29 is 4.39 Å². The third-order valence-corrected chi connectivity index (χ3v) is 3.17. The second-order valence-corrected chi connectivity index (χ2v) is 3.38. The first-order valence-corrected chi connectivity index (χ1v) is 4.12. The lowest BCUT2D eigenvalue weighted by Gasteiger charge is -2.01. The van der Waals surface area contributed by atoms with Gasteiger partial charge in [0, 0.05) is 3.57 Å². The number of rotatable bonds is 0. The number of halogens is 2. The summed E-state index contributed by atoms with van der Waals surface area (Å²) in [5, 5.41) is 0. The summed E-state index contributed by atoms with van der Waals surface area (Å²) in [5.41, 5.74) is 1.89. The quantitative estimate of drug-likeness (QED) is 0.621. The Bertz CT molecular complexity index is 229. The van der Waals surface area contributed by atoms with Crippen LogP contribution in [0.1, 0.15) is 11.1 Å². The lowest BCUT2D eigenvalue weighted by atomic mass is 10.1. The highest BCUT2D eigenvalue weighted by Crippen LogP contribution is 2.18. The molecule has 0 radical (unpaired) electrons. The van der Waals surface area contributed by atoms with Gasteiger partial charge in [-0.15, -0.1) is 0 Å². The van der Waals surface area contributed by atoms with Crippen molar-refractivity contribution in [1.82, 2.24) is 0 Å². The van der Waals surface area contributed by atoms with Crippen molar-refractivity contribution in [2.24, 2.45) is 0 Å². The SMILES string of the molecule is Cc1ccc(F)c(C)c1I. The molecule has 0 spiro atoms. The third kappa shape index (κ3) is 1.31. The third-order valence-electron chi connectivity index (χ3n) is 1.51. The van der Waals surface area contributed by atoms with E-state index in [4.69, 9.17) is 0 Å². The van der Waals surface area contributed by atoms with E-state index in [9.17, 15) is 4.39 Å². The minimum atomic E-state index is -0.116. The van der Waals surface area contributed by atoms with Gasteiger partial charge in [-0.25, -0.2) is 4.39 Å². The first-order valence-electron chi connectivity index (χ1n) is 3.04. The van der Waals surface area contributed by atoms with Crippen molar-refractivity contribution in [1.29, 1.82) is 0 Å². The van der Waals surface area contributed by atoms with Crippen LogP contribution < -0.4 is 0 Å². The molecule has 0 heterocycles. The number of benzene rings is 1. The molecule has 0 atom stereocenters. The molecule has 2 heteroatoms. The van der Waals surface area contributed by atoms with Crippen LogP contribution in [-0.2, 0) is 0 Å². The lowest BCUT2D eigenvalue weighted by molar-refractivity contribution is 0.616. The molecular formula is C8H8FI. The van der Waals surface area contributed by atoms with Gasteiger partial charge in [-0.1, -0.05) is 6.07 Å². The maximum atomic E-state index is 12.8. The highest BCUT2D eigenvalue weighted by Gasteiger charge is 2.02. The molecule has 0 aliphatic carbocycles. The van der Waals surface area contributed by atoms with Crippen LogP contribution in [-0.4, -0.2) is 0 Å². The smallest absolute Gasteiger partial charge is 0.127 e. The van der Waals surface area contributed by atoms with Crippen LogP contribution in [0.15, 0.2) is 12.1 Å². The van der Waals surface area contributed by atoms with Crippen molar-refractivity contribution in [2.75, 3.05) is 0 Å². The first-order chi connectivity index (χ1) is 4.63. The minimum absolute atomic E-state index is 0.116. The Kier molecular flexibility index (Phi) is 2.28. The summed E-state index contributed by atoms with van der Waals surface area (Å²) in [6.45, 7) is 3.78. The highest BCUT2D eigenvalue weighted by atomic mass is 127. The van der Waals surface area contributed by atoms with E-state index in [2.05, 4.69) is 22.6 Å². The Labute approximate surface area is 73.6 Å². The molecule has 0 aliphatic heterocycles. The van der Waals surface area contributed by atoms with Gasteiger partial charge in [-0.05, 0) is 53.6 Å². The Morgan fingerprint density at radius 1 is 1.30 bits per heavy atom. The summed E-state index contributed by atoms with van der Waals surface area (Å²) in [4.78, 5) is 0. The molecule has 0 saturated heterocycles. The Morgan fingerprint density at radius 2 is 1.90 bits per heavy atom. The van der Waals surface area contributed by atoms with E-state index < -0.39 is 0 Å². The maximum absolute atomic E-state index is 12.8. The fourth-order valence-electron chi connectivity index (χ4n) is 0.797. The van der Waals surface area contributed by atoms with Gasteiger partial charge in [0.25, 0.3) is 0 Å². The lowest BCUT2D eigenvalue weighted by Crippen LogP contribution is -1.89. The molecule has 0 aliphatic rings. The fraction of sp³-hybridized carbons (Fsp3) is 0.250. The average molecular weight is 250 g/mol. The molecule has 54 valence electrons. The Hall–Kier alpha value is -0.120. The minimum Gasteiger partial charge on any atom is -0.207 e. The standard InChI is InChI=1S/C8H8FI/c1-5-3-4-7(9)6(2)8(5)10/h3-4H,1-2H3. The van der Waals surface area contributed by atoms with Crippen molar-refractivity contribution in [3.05, 3.63) is 32.6 Å². The molecule has 0 nitrogen and oxygen atoms in total. The summed E-state index contributed by atoms with van der Waals surface area (Å²) in [6.07, 6.45) is 0. The summed E-state index contributed by atoms with van der Waals surface area (Å²) in [6, 6.07) is 3.30. The van der Waals surface area contributed by atoms with Gasteiger partial charge < -0.3 is 0 Å². The molecule has 10 heavy (non-hydrogen) atoms. The van der Waals surface area contributed by atoms with Gasteiger partial charge in [0.05, 0.1) is 0 Å².